The molecule has 1 heterocycles. The molecule has 0 N–H and O–H groups in total. The van der Waals surface area contributed by atoms with Gasteiger partial charge in [-0.05, 0) is 33.6 Å². The molecule has 2 unspecified atom stereocenters. The summed E-state index contributed by atoms with van der Waals surface area (Å²) in [6.07, 6.45) is -4.14. The van der Waals surface area contributed by atoms with Crippen LogP contribution in [0.4, 0.5) is 13.2 Å². The highest BCUT2D eigenvalue weighted by molar-refractivity contribution is 6.78. The summed E-state index contributed by atoms with van der Waals surface area (Å²) < 4.78 is 47.0. The van der Waals surface area contributed by atoms with Crippen molar-refractivity contribution in [3.8, 4) is 0 Å². The molecule has 0 aromatic carbocycles. The molecule has 134 valence electrons. The first-order chi connectivity index (χ1) is 10.1. The molecular formula is C15H25F3O4Si. The monoisotopic (exact) mass is 354 g/mol. The predicted molar refractivity (Wildman–Crippen MR) is 81.7 cm³/mol. The summed E-state index contributed by atoms with van der Waals surface area (Å²) in [7, 11) is -1.69. The summed E-state index contributed by atoms with van der Waals surface area (Å²) in [5.74, 6) is -2.47. The smallest absolute Gasteiger partial charge is 0.459 e. The lowest BCUT2D eigenvalue weighted by molar-refractivity contribution is -0.212. The van der Waals surface area contributed by atoms with Gasteiger partial charge in [0, 0.05) is 12.0 Å². The number of hydrogen-bond acceptors (Lipinski definition) is 4. The Balaban J connectivity index is 2.78. The summed E-state index contributed by atoms with van der Waals surface area (Å²) in [5.41, 5.74) is -1.92. The van der Waals surface area contributed by atoms with Gasteiger partial charge >= 0.3 is 18.1 Å². The standard InChI is InChI=1S/C15H25F3O4Si/c1-13(2,22-12(20)15(16,17)18)7-8-14(3)10(23(4,5)6)9-11(19)21-14/h10H,7-9H2,1-6H3. The van der Waals surface area contributed by atoms with Gasteiger partial charge in [0.25, 0.3) is 0 Å². The molecule has 0 saturated carbocycles. The van der Waals surface area contributed by atoms with Crippen LogP contribution in [0.5, 0.6) is 0 Å². The van der Waals surface area contributed by atoms with Crippen LogP contribution in [0.1, 0.15) is 40.0 Å². The van der Waals surface area contributed by atoms with Crippen molar-refractivity contribution in [2.45, 2.75) is 82.6 Å². The molecule has 1 aliphatic rings. The number of halogens is 3. The normalized spacial score (nSPS) is 26.1. The van der Waals surface area contributed by atoms with Gasteiger partial charge in [-0.2, -0.15) is 13.2 Å². The van der Waals surface area contributed by atoms with Crippen LogP contribution in [-0.2, 0) is 19.1 Å². The van der Waals surface area contributed by atoms with Gasteiger partial charge in [0.1, 0.15) is 11.2 Å². The van der Waals surface area contributed by atoms with E-state index >= 15 is 0 Å². The van der Waals surface area contributed by atoms with Crippen molar-refractivity contribution < 1.29 is 32.2 Å². The van der Waals surface area contributed by atoms with Gasteiger partial charge in [0.2, 0.25) is 0 Å². The van der Waals surface area contributed by atoms with Gasteiger partial charge in [-0.15, -0.1) is 0 Å². The largest absolute Gasteiger partial charge is 0.490 e. The molecule has 0 spiro atoms. The van der Waals surface area contributed by atoms with Gasteiger partial charge in [0.15, 0.2) is 0 Å². The second-order valence-electron chi connectivity index (χ2n) is 8.06. The lowest BCUT2D eigenvalue weighted by Crippen LogP contribution is -2.43. The zero-order valence-electron chi connectivity index (χ0n) is 14.5. The van der Waals surface area contributed by atoms with Crippen LogP contribution in [0.2, 0.25) is 25.2 Å². The zero-order valence-corrected chi connectivity index (χ0v) is 15.5. The van der Waals surface area contributed by atoms with Crippen LogP contribution < -0.4 is 0 Å². The van der Waals surface area contributed by atoms with Crippen LogP contribution in [0.3, 0.4) is 0 Å². The van der Waals surface area contributed by atoms with Crippen molar-refractivity contribution >= 4 is 20.0 Å². The van der Waals surface area contributed by atoms with Crippen LogP contribution in [0.15, 0.2) is 0 Å². The molecule has 0 radical (unpaired) electrons. The summed E-state index contributed by atoms with van der Waals surface area (Å²) in [6.45, 7) is 11.1. The van der Waals surface area contributed by atoms with Crippen LogP contribution in [0.25, 0.3) is 0 Å². The molecule has 0 aromatic rings. The van der Waals surface area contributed by atoms with E-state index in [0.29, 0.717) is 12.8 Å². The summed E-state index contributed by atoms with van der Waals surface area (Å²) in [4.78, 5) is 22.7. The number of cyclic esters (lactones) is 1. The number of rotatable bonds is 5. The third-order valence-electron chi connectivity index (χ3n) is 4.32. The van der Waals surface area contributed by atoms with E-state index in [1.807, 2.05) is 6.92 Å². The Kier molecular flexibility index (Phi) is 5.31. The van der Waals surface area contributed by atoms with E-state index in [1.54, 1.807) is 0 Å². The Morgan fingerprint density at radius 1 is 1.35 bits per heavy atom. The molecular weight excluding hydrogens is 329 g/mol. The highest BCUT2D eigenvalue weighted by Crippen LogP contribution is 2.47. The van der Waals surface area contributed by atoms with Gasteiger partial charge in [-0.1, -0.05) is 19.6 Å². The van der Waals surface area contributed by atoms with E-state index in [1.165, 1.54) is 13.8 Å². The Morgan fingerprint density at radius 2 is 1.87 bits per heavy atom. The number of esters is 2. The van der Waals surface area contributed by atoms with Crippen molar-refractivity contribution in [2.24, 2.45) is 0 Å². The van der Waals surface area contributed by atoms with Crippen molar-refractivity contribution in [3.63, 3.8) is 0 Å². The fraction of sp³-hybridized carbons (Fsp3) is 0.867. The van der Waals surface area contributed by atoms with E-state index in [0.717, 1.165) is 0 Å². The minimum absolute atomic E-state index is 0.0802. The van der Waals surface area contributed by atoms with Gasteiger partial charge < -0.3 is 9.47 Å². The molecule has 8 heteroatoms. The molecule has 1 saturated heterocycles. The first kappa shape index (κ1) is 20.0. The average Bonchev–Trinajstić information content (AvgIpc) is 2.61. The number of alkyl halides is 3. The maximum Gasteiger partial charge on any atom is 0.490 e. The lowest BCUT2D eigenvalue weighted by Gasteiger charge is -2.38. The first-order valence-electron chi connectivity index (χ1n) is 7.59. The second-order valence-corrected chi connectivity index (χ2v) is 13.5. The van der Waals surface area contributed by atoms with E-state index in [2.05, 4.69) is 24.4 Å². The Morgan fingerprint density at radius 3 is 2.30 bits per heavy atom. The Labute approximate surface area is 135 Å². The highest BCUT2D eigenvalue weighted by atomic mass is 28.3. The molecule has 2 atom stereocenters. The molecule has 0 amide bonds. The molecule has 1 aliphatic heterocycles. The lowest BCUT2D eigenvalue weighted by atomic mass is 9.90. The minimum atomic E-state index is -5.01. The Hall–Kier alpha value is -1.05. The minimum Gasteiger partial charge on any atom is -0.459 e. The van der Waals surface area contributed by atoms with E-state index in [9.17, 15) is 22.8 Å². The van der Waals surface area contributed by atoms with Crippen molar-refractivity contribution in [2.75, 3.05) is 0 Å². The topological polar surface area (TPSA) is 52.6 Å². The number of carbonyl (C=O) groups is 2. The molecule has 0 aromatic heterocycles. The molecule has 1 fully saturated rings. The van der Waals surface area contributed by atoms with Crippen molar-refractivity contribution in [3.05, 3.63) is 0 Å². The Bertz CT molecular complexity index is 482. The molecule has 4 nitrogen and oxygen atoms in total. The molecule has 1 rings (SSSR count). The van der Waals surface area contributed by atoms with Crippen LogP contribution in [-0.4, -0.2) is 37.4 Å². The number of ether oxygens (including phenoxy) is 2. The second kappa shape index (κ2) is 6.11. The zero-order chi connectivity index (χ0) is 18.3. The van der Waals surface area contributed by atoms with E-state index in [4.69, 9.17) is 4.74 Å². The third-order valence-corrected chi connectivity index (χ3v) is 7.23. The maximum absolute atomic E-state index is 12.3. The van der Waals surface area contributed by atoms with Crippen molar-refractivity contribution in [1.29, 1.82) is 0 Å². The number of hydrogen-bond donors (Lipinski definition) is 0. The summed E-state index contributed by atoms with van der Waals surface area (Å²) in [6, 6.07) is 0. The van der Waals surface area contributed by atoms with Gasteiger partial charge in [0.05, 0.1) is 8.07 Å². The van der Waals surface area contributed by atoms with Crippen LogP contribution in [0, 0.1) is 0 Å². The fourth-order valence-electron chi connectivity index (χ4n) is 3.11. The van der Waals surface area contributed by atoms with Crippen molar-refractivity contribution in [1.82, 2.24) is 0 Å². The van der Waals surface area contributed by atoms with Crippen LogP contribution >= 0.6 is 0 Å². The third kappa shape index (κ3) is 5.22. The van der Waals surface area contributed by atoms with E-state index < -0.39 is 31.4 Å². The van der Waals surface area contributed by atoms with Gasteiger partial charge in [-0.3, -0.25) is 4.79 Å². The average molecular weight is 354 g/mol. The molecule has 0 aliphatic carbocycles. The van der Waals surface area contributed by atoms with E-state index in [-0.39, 0.29) is 17.9 Å². The quantitative estimate of drug-likeness (QED) is 0.552. The molecule has 23 heavy (non-hydrogen) atoms. The maximum atomic E-state index is 12.3. The summed E-state index contributed by atoms with van der Waals surface area (Å²) in [5, 5.41) is 0. The fourth-order valence-corrected chi connectivity index (χ4v) is 5.93. The van der Waals surface area contributed by atoms with Gasteiger partial charge in [-0.25, -0.2) is 4.79 Å². The molecule has 0 bridgehead atoms. The first-order valence-corrected chi connectivity index (χ1v) is 11.2. The summed E-state index contributed by atoms with van der Waals surface area (Å²) >= 11 is 0. The number of carbonyl (C=O) groups excluding carboxylic acids is 2. The predicted octanol–water partition coefficient (Wildman–Crippen LogP) is 4.06. The SMILES string of the molecule is CC(C)(CCC1(C)OC(=O)CC1[Si](C)(C)C)OC(=O)C(F)(F)F. The highest BCUT2D eigenvalue weighted by Gasteiger charge is 2.52.